The van der Waals surface area contributed by atoms with Crippen LogP contribution in [0.5, 0.6) is 5.75 Å². The highest BCUT2D eigenvalue weighted by Crippen LogP contribution is 2.27. The van der Waals surface area contributed by atoms with E-state index in [4.69, 9.17) is 4.74 Å². The van der Waals surface area contributed by atoms with Crippen LogP contribution in [0.1, 0.15) is 12.5 Å². The summed E-state index contributed by atoms with van der Waals surface area (Å²) in [5.74, 6) is 0.419. The van der Waals surface area contributed by atoms with Crippen LogP contribution in [0.2, 0.25) is 0 Å². The van der Waals surface area contributed by atoms with Crippen molar-refractivity contribution in [1.29, 1.82) is 0 Å². The summed E-state index contributed by atoms with van der Waals surface area (Å²) in [7, 11) is -2.87. The van der Waals surface area contributed by atoms with E-state index in [2.05, 4.69) is 5.32 Å². The summed E-state index contributed by atoms with van der Waals surface area (Å²) in [5.41, 5.74) is 1.05. The molecule has 0 radical (unpaired) electrons. The Morgan fingerprint density at radius 3 is 2.71 bits per heavy atom. The van der Waals surface area contributed by atoms with E-state index in [0.29, 0.717) is 35.2 Å². The molecule has 0 bridgehead atoms. The predicted octanol–water partition coefficient (Wildman–Crippen LogP) is 0.979. The number of rotatable bonds is 5. The highest BCUT2D eigenvalue weighted by atomic mass is 32.2. The molecule has 0 fully saturated rings. The van der Waals surface area contributed by atoms with Gasteiger partial charge in [0, 0.05) is 25.1 Å². The smallest absolute Gasteiger partial charge is 0.363 e. The molecule has 0 saturated heterocycles. The third-order valence-corrected chi connectivity index (χ3v) is 3.88. The maximum absolute atomic E-state index is 11.4. The highest BCUT2D eigenvalue weighted by molar-refractivity contribution is 7.84. The van der Waals surface area contributed by atoms with Gasteiger partial charge >= 0.3 is 10.3 Å². The molecule has 1 aromatic carbocycles. The van der Waals surface area contributed by atoms with Gasteiger partial charge in [0.25, 0.3) is 0 Å². The number of amides is 1. The molecule has 0 aliphatic heterocycles. The summed E-state index contributed by atoms with van der Waals surface area (Å²) < 4.78 is 38.0. The Labute approximate surface area is 122 Å². The number of nitrogens with one attached hydrogen (secondary N) is 1. The first-order valence-electron chi connectivity index (χ1n) is 6.23. The molecule has 2 rings (SSSR count). The van der Waals surface area contributed by atoms with Crippen LogP contribution in [-0.2, 0) is 21.5 Å². The van der Waals surface area contributed by atoms with Crippen molar-refractivity contribution in [2.75, 3.05) is 13.7 Å². The lowest BCUT2D eigenvalue weighted by atomic mass is 10.1. The fourth-order valence-electron chi connectivity index (χ4n) is 2.14. The summed E-state index contributed by atoms with van der Waals surface area (Å²) >= 11 is 0. The van der Waals surface area contributed by atoms with Gasteiger partial charge in [0.1, 0.15) is 5.75 Å². The molecular formula is C13H16N2O5S. The molecule has 1 amide bonds. The van der Waals surface area contributed by atoms with Crippen LogP contribution in [-0.4, -0.2) is 36.5 Å². The van der Waals surface area contributed by atoms with Gasteiger partial charge in [-0.3, -0.25) is 9.35 Å². The van der Waals surface area contributed by atoms with Crippen LogP contribution in [0.4, 0.5) is 0 Å². The van der Waals surface area contributed by atoms with Gasteiger partial charge in [-0.1, -0.05) is 0 Å². The zero-order valence-electron chi connectivity index (χ0n) is 11.7. The van der Waals surface area contributed by atoms with Crippen molar-refractivity contribution in [1.82, 2.24) is 9.29 Å². The largest absolute Gasteiger partial charge is 0.497 e. The number of ether oxygens (including phenoxy) is 1. The lowest BCUT2D eigenvalue weighted by Gasteiger charge is -2.03. The van der Waals surface area contributed by atoms with Gasteiger partial charge in [0.15, 0.2) is 0 Å². The van der Waals surface area contributed by atoms with E-state index in [1.807, 2.05) is 0 Å². The number of hydrogen-bond acceptors (Lipinski definition) is 4. The second-order valence-electron chi connectivity index (χ2n) is 4.54. The van der Waals surface area contributed by atoms with Crippen molar-refractivity contribution in [3.63, 3.8) is 0 Å². The molecule has 2 aromatic rings. The van der Waals surface area contributed by atoms with Gasteiger partial charge in [-0.25, -0.2) is 3.97 Å². The summed E-state index contributed by atoms with van der Waals surface area (Å²) in [4.78, 5) is 10.9. The van der Waals surface area contributed by atoms with E-state index >= 15 is 0 Å². The molecule has 0 spiro atoms. The average Bonchev–Trinajstić information content (AvgIpc) is 2.76. The molecule has 7 nitrogen and oxygen atoms in total. The fourth-order valence-corrected chi connectivity index (χ4v) is 2.80. The number of carbonyl (C=O) groups excluding carboxylic acids is 1. The molecule has 0 atom stereocenters. The molecule has 0 aliphatic rings. The van der Waals surface area contributed by atoms with Gasteiger partial charge in [0.05, 0.1) is 12.6 Å². The van der Waals surface area contributed by atoms with Crippen LogP contribution < -0.4 is 10.1 Å². The number of aromatic nitrogens is 1. The van der Waals surface area contributed by atoms with E-state index in [1.165, 1.54) is 20.2 Å². The first kappa shape index (κ1) is 15.3. The Bertz CT molecular complexity index is 779. The van der Waals surface area contributed by atoms with Crippen molar-refractivity contribution >= 4 is 27.1 Å². The summed E-state index contributed by atoms with van der Waals surface area (Å²) in [5, 5.41) is 3.29. The van der Waals surface area contributed by atoms with Gasteiger partial charge in [0.2, 0.25) is 5.91 Å². The number of methoxy groups -OCH3 is 1. The number of benzene rings is 1. The summed E-state index contributed by atoms with van der Waals surface area (Å²) in [6.07, 6.45) is 1.78. The normalized spacial score (nSPS) is 11.6. The Balaban J connectivity index is 2.50. The zero-order valence-corrected chi connectivity index (χ0v) is 12.5. The van der Waals surface area contributed by atoms with E-state index in [1.54, 1.807) is 18.2 Å². The molecule has 0 unspecified atom stereocenters. The summed E-state index contributed by atoms with van der Waals surface area (Å²) in [6.45, 7) is 1.78. The van der Waals surface area contributed by atoms with Crippen LogP contribution >= 0.6 is 0 Å². The molecule has 1 aromatic heterocycles. The zero-order chi connectivity index (χ0) is 15.6. The minimum absolute atomic E-state index is 0.161. The number of nitrogens with zero attached hydrogens (tertiary/aromatic N) is 1. The second kappa shape index (κ2) is 5.74. The van der Waals surface area contributed by atoms with Crippen LogP contribution in [0, 0.1) is 0 Å². The Morgan fingerprint density at radius 2 is 2.14 bits per heavy atom. The third kappa shape index (κ3) is 3.34. The van der Waals surface area contributed by atoms with Gasteiger partial charge in [-0.2, -0.15) is 8.42 Å². The Hall–Kier alpha value is -2.06. The quantitative estimate of drug-likeness (QED) is 0.802. The maximum Gasteiger partial charge on any atom is 0.363 e. The predicted molar refractivity (Wildman–Crippen MR) is 77.8 cm³/mol. The Kier molecular flexibility index (Phi) is 4.19. The van der Waals surface area contributed by atoms with Crippen molar-refractivity contribution in [3.05, 3.63) is 30.0 Å². The van der Waals surface area contributed by atoms with Crippen molar-refractivity contribution in [2.45, 2.75) is 13.3 Å². The third-order valence-electron chi connectivity index (χ3n) is 3.08. The first-order chi connectivity index (χ1) is 9.82. The average molecular weight is 312 g/mol. The van der Waals surface area contributed by atoms with E-state index in [0.717, 1.165) is 3.97 Å². The molecule has 114 valence electrons. The minimum Gasteiger partial charge on any atom is -0.497 e. The number of hydrogen-bond donors (Lipinski definition) is 2. The van der Waals surface area contributed by atoms with Crippen LogP contribution in [0.15, 0.2) is 24.4 Å². The van der Waals surface area contributed by atoms with E-state index < -0.39 is 10.3 Å². The summed E-state index contributed by atoms with van der Waals surface area (Å²) in [6, 6.07) is 4.87. The standard InChI is InChI=1S/C13H16N2O5S/c1-9(16)14-6-5-10-8-15(21(17,18)19)13-4-3-11(20-2)7-12(10)13/h3-4,7-8H,5-6H2,1-2H3,(H,14,16)(H,17,18,19). The molecule has 21 heavy (non-hydrogen) atoms. The highest BCUT2D eigenvalue weighted by Gasteiger charge is 2.16. The monoisotopic (exact) mass is 312 g/mol. The Morgan fingerprint density at radius 1 is 1.43 bits per heavy atom. The van der Waals surface area contributed by atoms with Crippen LogP contribution in [0.3, 0.4) is 0 Å². The molecular weight excluding hydrogens is 296 g/mol. The van der Waals surface area contributed by atoms with Gasteiger partial charge < -0.3 is 10.1 Å². The van der Waals surface area contributed by atoms with Crippen LogP contribution in [0.25, 0.3) is 10.9 Å². The van der Waals surface area contributed by atoms with E-state index in [-0.39, 0.29) is 5.91 Å². The van der Waals surface area contributed by atoms with E-state index in [9.17, 15) is 17.8 Å². The lowest BCUT2D eigenvalue weighted by molar-refractivity contribution is -0.118. The fraction of sp³-hybridized carbons (Fsp3) is 0.308. The molecule has 8 heteroatoms. The SMILES string of the molecule is COc1ccc2c(c1)c(CCNC(C)=O)cn2S(=O)(=O)O. The van der Waals surface area contributed by atoms with Gasteiger partial charge in [-0.05, 0) is 30.2 Å². The number of fused-ring (bicyclic) bond motifs is 1. The van der Waals surface area contributed by atoms with Crippen molar-refractivity contribution in [2.24, 2.45) is 0 Å². The maximum atomic E-state index is 11.4. The molecule has 2 N–H and O–H groups in total. The van der Waals surface area contributed by atoms with Crippen molar-refractivity contribution < 1.29 is 22.5 Å². The lowest BCUT2D eigenvalue weighted by Crippen LogP contribution is -2.22. The second-order valence-corrected chi connectivity index (χ2v) is 5.83. The molecule has 0 aliphatic carbocycles. The molecule has 0 saturated carbocycles. The molecule has 1 heterocycles. The van der Waals surface area contributed by atoms with Crippen molar-refractivity contribution in [3.8, 4) is 5.75 Å². The topological polar surface area (TPSA) is 97.6 Å². The number of carbonyl (C=O) groups is 1. The first-order valence-corrected chi connectivity index (χ1v) is 7.63. The minimum atomic E-state index is -4.38. The van der Waals surface area contributed by atoms with Gasteiger partial charge in [-0.15, -0.1) is 0 Å².